The maximum Gasteiger partial charge on any atom is 0.350 e. The number of nitrogens with zero attached hydrogens (tertiary/aromatic N) is 2. The molecule has 156 valence electrons. The number of carbonyl (C=O) groups excluding carboxylic acids is 1. The average molecular weight is 426 g/mol. The van der Waals surface area contributed by atoms with E-state index in [1.807, 2.05) is 48.7 Å². The molecule has 3 aromatic rings. The third-order valence-electron chi connectivity index (χ3n) is 4.71. The van der Waals surface area contributed by atoms with E-state index in [9.17, 15) is 4.79 Å². The molecular formula is C22H24ClN5O2. The van der Waals surface area contributed by atoms with E-state index in [4.69, 9.17) is 28.0 Å². The van der Waals surface area contributed by atoms with E-state index in [1.54, 1.807) is 18.2 Å². The van der Waals surface area contributed by atoms with Crippen LogP contribution in [0, 0.1) is 6.92 Å². The smallest absolute Gasteiger partial charge is 0.350 e. The molecule has 5 N–H and O–H groups in total. The summed E-state index contributed by atoms with van der Waals surface area (Å²) in [4.78, 5) is 16.5. The first-order valence-electron chi connectivity index (χ1n) is 9.47. The van der Waals surface area contributed by atoms with Gasteiger partial charge in [0.25, 0.3) is 0 Å². The topological polar surface area (TPSA) is 106 Å². The van der Waals surface area contributed by atoms with Crippen molar-refractivity contribution in [1.29, 1.82) is 0 Å². The number of nitrogens with one attached hydrogen (secondary N) is 1. The lowest BCUT2D eigenvalue weighted by molar-refractivity contribution is 0.246. The Bertz CT molecular complexity index is 1060. The Morgan fingerprint density at radius 2 is 1.97 bits per heavy atom. The Morgan fingerprint density at radius 3 is 2.67 bits per heavy atom. The van der Waals surface area contributed by atoms with Crippen molar-refractivity contribution in [2.24, 2.45) is 11.7 Å². The van der Waals surface area contributed by atoms with E-state index in [0.29, 0.717) is 22.0 Å². The van der Waals surface area contributed by atoms with Gasteiger partial charge in [-0.25, -0.2) is 21.5 Å². The van der Waals surface area contributed by atoms with Gasteiger partial charge < -0.3 is 4.74 Å². The monoisotopic (exact) mass is 425 g/mol. The number of hydrazine groups is 2. The van der Waals surface area contributed by atoms with Crippen LogP contribution in [0.4, 0.5) is 10.5 Å². The van der Waals surface area contributed by atoms with Gasteiger partial charge in [-0.05, 0) is 61.4 Å². The summed E-state index contributed by atoms with van der Waals surface area (Å²) in [6, 6.07) is 16.3. The maximum atomic E-state index is 11.8. The molecule has 7 nitrogen and oxygen atoms in total. The number of aryl methyl sites for hydroxylation is 2. The maximum absolute atomic E-state index is 11.8. The molecule has 0 aliphatic heterocycles. The number of amides is 2. The first-order chi connectivity index (χ1) is 14.4. The number of aromatic nitrogens is 1. The molecule has 0 bridgehead atoms. The van der Waals surface area contributed by atoms with E-state index in [-0.39, 0.29) is 6.61 Å². The molecule has 2 aromatic carbocycles. The fraction of sp³-hybridized carbons (Fsp3) is 0.182. The molecule has 0 atom stereocenters. The van der Waals surface area contributed by atoms with E-state index in [2.05, 4.69) is 11.9 Å². The molecule has 0 aliphatic rings. The molecule has 0 fully saturated rings. The summed E-state index contributed by atoms with van der Waals surface area (Å²) in [5.74, 6) is 11.7. The van der Waals surface area contributed by atoms with Gasteiger partial charge in [-0.15, -0.1) is 0 Å². The van der Waals surface area contributed by atoms with Gasteiger partial charge in [0.15, 0.2) is 0 Å². The summed E-state index contributed by atoms with van der Waals surface area (Å²) in [5.41, 5.74) is 6.91. The van der Waals surface area contributed by atoms with Gasteiger partial charge in [-0.1, -0.05) is 30.7 Å². The Kier molecular flexibility index (Phi) is 6.89. The molecule has 0 spiro atoms. The lowest BCUT2D eigenvalue weighted by Crippen LogP contribution is -2.48. The van der Waals surface area contributed by atoms with Crippen LogP contribution in [-0.4, -0.2) is 11.0 Å². The van der Waals surface area contributed by atoms with E-state index in [1.165, 1.54) is 0 Å². The van der Waals surface area contributed by atoms with Gasteiger partial charge in [0.2, 0.25) is 0 Å². The van der Waals surface area contributed by atoms with Crippen molar-refractivity contribution in [3.8, 4) is 17.0 Å². The third kappa shape index (κ3) is 4.71. The van der Waals surface area contributed by atoms with Gasteiger partial charge in [0.1, 0.15) is 12.4 Å². The van der Waals surface area contributed by atoms with Crippen LogP contribution >= 0.6 is 11.6 Å². The lowest BCUT2D eigenvalue weighted by atomic mass is 10.1. The van der Waals surface area contributed by atoms with Crippen LogP contribution in [-0.2, 0) is 13.0 Å². The second-order valence-electron chi connectivity index (χ2n) is 6.69. The van der Waals surface area contributed by atoms with Crippen molar-refractivity contribution in [2.75, 3.05) is 5.01 Å². The standard InChI is InChI=1S/C22H24ClN5O2/c1-3-16-6-4-8-19(26-16)15-10-11-21(14(2)12-15)30-13-17-18(23)7-5-9-20(17)28(25)22(29)27-24/h4-12H,3,13,24-25H2,1-2H3,(H,27,29). The fourth-order valence-corrected chi connectivity index (χ4v) is 3.28. The SMILES string of the molecule is CCc1cccc(-c2ccc(OCc3c(Cl)cccc3N(N)C(=O)NN)c(C)c2)n1. The highest BCUT2D eigenvalue weighted by Gasteiger charge is 2.17. The molecule has 0 saturated heterocycles. The highest BCUT2D eigenvalue weighted by molar-refractivity contribution is 6.31. The van der Waals surface area contributed by atoms with Crippen LogP contribution in [0.2, 0.25) is 5.02 Å². The predicted octanol–water partition coefficient (Wildman–Crippen LogP) is 4.12. The number of pyridine rings is 1. The highest BCUT2D eigenvalue weighted by Crippen LogP contribution is 2.30. The number of anilines is 1. The first-order valence-corrected chi connectivity index (χ1v) is 9.85. The van der Waals surface area contributed by atoms with E-state index in [0.717, 1.165) is 33.9 Å². The Hall–Kier alpha value is -3.13. The van der Waals surface area contributed by atoms with E-state index >= 15 is 0 Å². The molecule has 30 heavy (non-hydrogen) atoms. The Morgan fingerprint density at radius 1 is 1.20 bits per heavy atom. The summed E-state index contributed by atoms with van der Waals surface area (Å²) in [5, 5.41) is 1.33. The molecule has 0 saturated carbocycles. The summed E-state index contributed by atoms with van der Waals surface area (Å²) >= 11 is 6.33. The molecule has 0 aliphatic carbocycles. The second kappa shape index (κ2) is 9.58. The van der Waals surface area contributed by atoms with Crippen LogP contribution in [0.3, 0.4) is 0 Å². The van der Waals surface area contributed by atoms with Crippen molar-refractivity contribution in [3.63, 3.8) is 0 Å². The largest absolute Gasteiger partial charge is 0.488 e. The number of halogens is 1. The van der Waals surface area contributed by atoms with Gasteiger partial charge in [0.05, 0.1) is 11.4 Å². The number of urea groups is 1. The number of ether oxygens (including phenoxy) is 1. The first kappa shape index (κ1) is 21.6. The number of rotatable bonds is 6. The molecule has 1 heterocycles. The van der Waals surface area contributed by atoms with Crippen LogP contribution < -0.4 is 26.9 Å². The highest BCUT2D eigenvalue weighted by atomic mass is 35.5. The Labute approximate surface area is 180 Å². The molecule has 1 aromatic heterocycles. The minimum atomic E-state index is -0.666. The van der Waals surface area contributed by atoms with Crippen LogP contribution in [0.5, 0.6) is 5.75 Å². The molecule has 2 amide bonds. The molecule has 0 unspecified atom stereocenters. The van der Waals surface area contributed by atoms with Crippen LogP contribution in [0.1, 0.15) is 23.7 Å². The summed E-state index contributed by atoms with van der Waals surface area (Å²) in [6.07, 6.45) is 0.883. The normalized spacial score (nSPS) is 10.6. The van der Waals surface area contributed by atoms with Crippen LogP contribution in [0.15, 0.2) is 54.6 Å². The van der Waals surface area contributed by atoms with Crippen LogP contribution in [0.25, 0.3) is 11.3 Å². The van der Waals surface area contributed by atoms with Gasteiger partial charge in [0, 0.05) is 21.8 Å². The average Bonchev–Trinajstić information content (AvgIpc) is 2.77. The minimum absolute atomic E-state index is 0.129. The van der Waals surface area contributed by atoms with Gasteiger partial charge >= 0.3 is 6.03 Å². The molecule has 0 radical (unpaired) electrons. The number of nitrogens with two attached hydrogens (primary N) is 2. The predicted molar refractivity (Wildman–Crippen MR) is 119 cm³/mol. The molecule has 8 heteroatoms. The van der Waals surface area contributed by atoms with Crippen molar-refractivity contribution in [2.45, 2.75) is 26.9 Å². The molecule has 3 rings (SSSR count). The van der Waals surface area contributed by atoms with Crippen molar-refractivity contribution < 1.29 is 9.53 Å². The zero-order chi connectivity index (χ0) is 21.7. The van der Waals surface area contributed by atoms with E-state index < -0.39 is 6.03 Å². The summed E-state index contributed by atoms with van der Waals surface area (Å²) in [6.45, 7) is 4.17. The minimum Gasteiger partial charge on any atom is -0.488 e. The third-order valence-corrected chi connectivity index (χ3v) is 5.06. The number of hydrogen-bond donors (Lipinski definition) is 3. The lowest BCUT2D eigenvalue weighted by Gasteiger charge is -2.20. The number of hydrogen-bond acceptors (Lipinski definition) is 5. The Balaban J connectivity index is 1.82. The quantitative estimate of drug-likeness (QED) is 0.313. The molecular weight excluding hydrogens is 402 g/mol. The second-order valence-corrected chi connectivity index (χ2v) is 7.10. The number of carbonyl (C=O) groups is 1. The van der Waals surface area contributed by atoms with Gasteiger partial charge in [-0.3, -0.25) is 10.4 Å². The zero-order valence-electron chi connectivity index (χ0n) is 16.9. The van der Waals surface area contributed by atoms with Crippen molar-refractivity contribution in [3.05, 3.63) is 76.4 Å². The number of benzene rings is 2. The summed E-state index contributed by atoms with van der Waals surface area (Å²) in [7, 11) is 0. The summed E-state index contributed by atoms with van der Waals surface area (Å²) < 4.78 is 5.99. The van der Waals surface area contributed by atoms with Gasteiger partial charge in [-0.2, -0.15) is 0 Å². The fourth-order valence-electron chi connectivity index (χ4n) is 3.05. The van der Waals surface area contributed by atoms with Crippen molar-refractivity contribution in [1.82, 2.24) is 10.4 Å². The zero-order valence-corrected chi connectivity index (χ0v) is 17.6. The van der Waals surface area contributed by atoms with Crippen molar-refractivity contribution >= 4 is 23.3 Å².